The van der Waals surface area contributed by atoms with Gasteiger partial charge in [-0.25, -0.2) is 4.39 Å². The predicted molar refractivity (Wildman–Crippen MR) is 69.5 cm³/mol. The zero-order valence-corrected chi connectivity index (χ0v) is 10.6. The van der Waals surface area contributed by atoms with E-state index in [0.717, 1.165) is 6.07 Å². The summed E-state index contributed by atoms with van der Waals surface area (Å²) >= 11 is 0. The largest absolute Gasteiger partial charge is 0.469 e. The van der Waals surface area contributed by atoms with Gasteiger partial charge >= 0.3 is 5.97 Å². The van der Waals surface area contributed by atoms with Gasteiger partial charge in [0.25, 0.3) is 5.91 Å². The van der Waals surface area contributed by atoms with Crippen LogP contribution in [-0.2, 0) is 9.53 Å². The van der Waals surface area contributed by atoms with Crippen LogP contribution in [0.5, 0.6) is 0 Å². The number of anilines is 1. The van der Waals surface area contributed by atoms with Crippen LogP contribution in [0.25, 0.3) is 0 Å². The van der Waals surface area contributed by atoms with E-state index in [1.165, 1.54) is 19.2 Å². The lowest BCUT2D eigenvalue weighted by molar-refractivity contribution is -0.144. The normalized spacial score (nSPS) is 14.6. The molecule has 0 saturated heterocycles. The molecule has 0 fully saturated rings. The maximum Gasteiger partial charge on any atom is 0.310 e. The highest BCUT2D eigenvalue weighted by Crippen LogP contribution is 2.15. The minimum Gasteiger partial charge on any atom is -0.469 e. The summed E-state index contributed by atoms with van der Waals surface area (Å²) in [4.78, 5) is 22.8. The highest BCUT2D eigenvalue weighted by atomic mass is 19.1. The Morgan fingerprint density at radius 1 is 1.53 bits per heavy atom. The van der Waals surface area contributed by atoms with Crippen LogP contribution in [0.1, 0.15) is 21.4 Å². The van der Waals surface area contributed by atoms with E-state index >= 15 is 0 Å². The van der Waals surface area contributed by atoms with Crippen LogP contribution in [-0.4, -0.2) is 32.5 Å². The Morgan fingerprint density at radius 3 is 2.84 bits per heavy atom. The average molecular weight is 271 g/mol. The first-order chi connectivity index (χ1) is 10.1. The van der Waals surface area contributed by atoms with Gasteiger partial charge in [-0.3, -0.25) is 9.59 Å². The molecule has 0 aromatic heterocycles. The third-order valence-corrected chi connectivity index (χ3v) is 2.54. The summed E-state index contributed by atoms with van der Waals surface area (Å²) < 4.78 is 39.2. The number of halogens is 1. The van der Waals surface area contributed by atoms with Gasteiger partial charge in [-0.15, -0.1) is 0 Å². The maximum atomic E-state index is 13.8. The first-order valence-corrected chi connectivity index (χ1v) is 5.58. The van der Waals surface area contributed by atoms with Crippen LogP contribution in [0, 0.1) is 11.7 Å². The summed E-state index contributed by atoms with van der Waals surface area (Å²) in [5.41, 5.74) is -0.0126. The molecule has 0 saturated carbocycles. The summed E-state index contributed by atoms with van der Waals surface area (Å²) in [6.45, 7) is -0.809. The molecule has 0 heterocycles. The molecule has 1 atom stereocenters. The van der Waals surface area contributed by atoms with Crippen molar-refractivity contribution in [3.05, 3.63) is 29.6 Å². The van der Waals surface area contributed by atoms with Crippen molar-refractivity contribution in [3.8, 4) is 0 Å². The molecular formula is C13H17FN2O3. The van der Waals surface area contributed by atoms with Gasteiger partial charge in [-0.2, -0.15) is 0 Å². The van der Waals surface area contributed by atoms with Crippen molar-refractivity contribution in [1.82, 2.24) is 5.32 Å². The van der Waals surface area contributed by atoms with Crippen LogP contribution in [0.15, 0.2) is 18.2 Å². The Hall–Kier alpha value is -2.11. The third-order valence-electron chi connectivity index (χ3n) is 2.54. The molecule has 1 unspecified atom stereocenters. The number of methoxy groups -OCH3 is 1. The first-order valence-electron chi connectivity index (χ1n) is 7.08. The van der Waals surface area contributed by atoms with Gasteiger partial charge in [-0.05, 0) is 18.2 Å². The van der Waals surface area contributed by atoms with E-state index in [0.29, 0.717) is 5.69 Å². The van der Waals surface area contributed by atoms with E-state index in [2.05, 4.69) is 10.1 Å². The molecule has 0 aliphatic rings. The molecule has 19 heavy (non-hydrogen) atoms. The molecule has 0 aliphatic carbocycles. The standard InChI is InChI=1S/C13H17FN2O3/c1-8(13(18)19-3)7-16-9-4-5-10(11(14)6-9)12(17)15-2/h4-6,8,16H,7H2,1-3H3,(H,15,17)/i2D3. The average Bonchev–Trinajstić information content (AvgIpc) is 2.41. The number of carbonyl (C=O) groups is 2. The van der Waals surface area contributed by atoms with E-state index < -0.39 is 30.6 Å². The van der Waals surface area contributed by atoms with Crippen molar-refractivity contribution in [3.63, 3.8) is 0 Å². The molecular weight excluding hydrogens is 251 g/mol. The fraction of sp³-hybridized carbons (Fsp3) is 0.385. The van der Waals surface area contributed by atoms with E-state index in [9.17, 15) is 14.0 Å². The van der Waals surface area contributed by atoms with Gasteiger partial charge in [-0.1, -0.05) is 6.92 Å². The van der Waals surface area contributed by atoms with Gasteiger partial charge in [0, 0.05) is 23.3 Å². The first kappa shape index (κ1) is 10.8. The van der Waals surface area contributed by atoms with Gasteiger partial charge in [0.1, 0.15) is 5.82 Å². The van der Waals surface area contributed by atoms with Crippen molar-refractivity contribution in [1.29, 1.82) is 0 Å². The number of nitrogens with one attached hydrogen (secondary N) is 2. The third kappa shape index (κ3) is 3.94. The number of amides is 1. The van der Waals surface area contributed by atoms with Crippen molar-refractivity contribution in [2.45, 2.75) is 6.92 Å². The molecule has 1 aromatic rings. The molecule has 0 radical (unpaired) electrons. The number of hydrogen-bond acceptors (Lipinski definition) is 4. The van der Waals surface area contributed by atoms with Gasteiger partial charge < -0.3 is 15.4 Å². The van der Waals surface area contributed by atoms with Gasteiger partial charge in [0.2, 0.25) is 0 Å². The smallest absolute Gasteiger partial charge is 0.310 e. The van der Waals surface area contributed by atoms with Gasteiger partial charge in [0.15, 0.2) is 0 Å². The van der Waals surface area contributed by atoms with Crippen LogP contribution in [0.3, 0.4) is 0 Å². The van der Waals surface area contributed by atoms with Crippen molar-refractivity contribution >= 4 is 17.6 Å². The zero-order valence-electron chi connectivity index (χ0n) is 13.6. The van der Waals surface area contributed by atoms with E-state index in [-0.39, 0.29) is 12.1 Å². The molecule has 6 heteroatoms. The quantitative estimate of drug-likeness (QED) is 0.795. The molecule has 104 valence electrons. The highest BCUT2D eigenvalue weighted by Gasteiger charge is 2.14. The second-order valence-corrected chi connectivity index (χ2v) is 3.95. The number of ether oxygens (including phenoxy) is 1. The summed E-state index contributed by atoms with van der Waals surface area (Å²) in [5.74, 6) is -2.71. The molecule has 5 nitrogen and oxygen atoms in total. The Morgan fingerprint density at radius 2 is 2.26 bits per heavy atom. The van der Waals surface area contributed by atoms with Crippen molar-refractivity contribution in [2.24, 2.45) is 5.92 Å². The van der Waals surface area contributed by atoms with E-state index in [1.54, 1.807) is 12.2 Å². The summed E-state index contributed by atoms with van der Waals surface area (Å²) in [5, 5.41) is 4.54. The lowest BCUT2D eigenvalue weighted by Gasteiger charge is -2.12. The fourth-order valence-electron chi connectivity index (χ4n) is 1.43. The topological polar surface area (TPSA) is 67.4 Å². The molecule has 1 amide bonds. The maximum absolute atomic E-state index is 13.8. The molecule has 2 N–H and O–H groups in total. The van der Waals surface area contributed by atoms with Crippen LogP contribution < -0.4 is 10.6 Å². The van der Waals surface area contributed by atoms with Crippen LogP contribution in [0.4, 0.5) is 10.1 Å². The lowest BCUT2D eigenvalue weighted by atomic mass is 10.1. The second-order valence-electron chi connectivity index (χ2n) is 3.95. The molecule has 1 aromatic carbocycles. The molecule has 0 spiro atoms. The van der Waals surface area contributed by atoms with E-state index in [1.807, 2.05) is 0 Å². The van der Waals surface area contributed by atoms with Crippen molar-refractivity contribution in [2.75, 3.05) is 25.9 Å². The predicted octanol–water partition coefficient (Wildman–Crippen LogP) is 1.41. The van der Waals surface area contributed by atoms with Crippen molar-refractivity contribution < 1.29 is 22.8 Å². The number of hydrogen-bond donors (Lipinski definition) is 2. The molecule has 0 bridgehead atoms. The molecule has 1 rings (SSSR count). The monoisotopic (exact) mass is 271 g/mol. The zero-order chi connectivity index (χ0) is 16.9. The Balaban J connectivity index is 2.74. The fourth-order valence-corrected chi connectivity index (χ4v) is 1.43. The molecule has 0 aliphatic heterocycles. The SMILES string of the molecule is [2H]C([2H])([2H])NC(=O)c1ccc(NCC(C)C(=O)OC)cc1F. The summed E-state index contributed by atoms with van der Waals surface area (Å²) in [6.07, 6.45) is 0. The summed E-state index contributed by atoms with van der Waals surface area (Å²) in [6, 6.07) is 3.64. The summed E-state index contributed by atoms with van der Waals surface area (Å²) in [7, 11) is 1.27. The minimum absolute atomic E-state index is 0.229. The Kier molecular flexibility index (Phi) is 3.81. The van der Waals surface area contributed by atoms with Crippen LogP contribution in [0.2, 0.25) is 0 Å². The van der Waals surface area contributed by atoms with Crippen LogP contribution >= 0.6 is 0 Å². The lowest BCUT2D eigenvalue weighted by Crippen LogP contribution is -2.22. The van der Waals surface area contributed by atoms with Gasteiger partial charge in [0.05, 0.1) is 18.6 Å². The highest BCUT2D eigenvalue weighted by molar-refractivity contribution is 5.94. The number of rotatable bonds is 5. The number of esters is 1. The number of benzene rings is 1. The van der Waals surface area contributed by atoms with E-state index in [4.69, 9.17) is 4.11 Å². The Bertz CT molecular complexity index is 564. The Labute approximate surface area is 115 Å². The number of carbonyl (C=O) groups excluding carboxylic acids is 2. The second kappa shape index (κ2) is 6.72. The minimum atomic E-state index is -2.68.